The van der Waals surface area contributed by atoms with Gasteiger partial charge < -0.3 is 0 Å². The molecule has 0 bridgehead atoms. The van der Waals surface area contributed by atoms with Crippen LogP contribution in [0.3, 0.4) is 0 Å². The zero-order chi connectivity index (χ0) is 11.1. The Labute approximate surface area is 98.0 Å². The molecule has 0 aliphatic carbocycles. The van der Waals surface area contributed by atoms with Gasteiger partial charge in [-0.1, -0.05) is 32.0 Å². The van der Waals surface area contributed by atoms with Gasteiger partial charge in [0, 0.05) is 17.5 Å². The number of rotatable bonds is 6. The molecule has 1 rings (SSSR count). The second kappa shape index (κ2) is 6.91. The Morgan fingerprint density at radius 3 is 2.40 bits per heavy atom. The Kier molecular flexibility index (Phi) is 5.81. The van der Waals surface area contributed by atoms with Crippen LogP contribution in [0.2, 0.25) is 0 Å². The van der Waals surface area contributed by atoms with Crippen LogP contribution in [0.1, 0.15) is 33.6 Å². The minimum absolute atomic E-state index is 0.648. The lowest BCUT2D eigenvalue weighted by atomic mass is 10.2. The first-order chi connectivity index (χ1) is 7.27. The van der Waals surface area contributed by atoms with E-state index in [-0.39, 0.29) is 0 Å². The van der Waals surface area contributed by atoms with Gasteiger partial charge in [-0.3, -0.25) is 0 Å². The van der Waals surface area contributed by atoms with Gasteiger partial charge in [-0.2, -0.15) is 0 Å². The number of benzene rings is 1. The van der Waals surface area contributed by atoms with Crippen molar-refractivity contribution in [3.05, 3.63) is 30.3 Å². The third-order valence-corrected chi connectivity index (χ3v) is 3.75. The monoisotopic (exact) mass is 223 g/mol. The molecule has 0 fully saturated rings. The zero-order valence-electron chi connectivity index (χ0n) is 9.94. The lowest BCUT2D eigenvalue weighted by molar-refractivity contribution is 0.364. The Bertz CT molecular complexity index is 260. The molecule has 1 unspecified atom stereocenters. The van der Waals surface area contributed by atoms with Gasteiger partial charge in [-0.05, 0) is 43.8 Å². The van der Waals surface area contributed by atoms with Crippen LogP contribution in [0.4, 0.5) is 0 Å². The Balaban J connectivity index is 2.58. The first kappa shape index (κ1) is 12.6. The van der Waals surface area contributed by atoms with Crippen LogP contribution in [0.25, 0.3) is 0 Å². The first-order valence-corrected chi connectivity index (χ1v) is 6.55. The van der Waals surface area contributed by atoms with E-state index in [2.05, 4.69) is 55.4 Å². The summed E-state index contributed by atoms with van der Waals surface area (Å²) in [5, 5.41) is 0. The molecule has 0 saturated carbocycles. The topological polar surface area (TPSA) is 3.24 Å². The average molecular weight is 223 g/mol. The molecule has 0 aliphatic rings. The highest BCUT2D eigenvalue weighted by atomic mass is 32.2. The van der Waals surface area contributed by atoms with E-state index in [0.29, 0.717) is 6.04 Å². The van der Waals surface area contributed by atoms with Gasteiger partial charge in [0.05, 0.1) is 0 Å². The molecule has 1 aromatic carbocycles. The highest BCUT2D eigenvalue weighted by Crippen LogP contribution is 2.25. The molecular weight excluding hydrogens is 202 g/mol. The molecule has 0 N–H and O–H groups in total. The van der Waals surface area contributed by atoms with Crippen molar-refractivity contribution in [2.45, 2.75) is 44.6 Å². The highest BCUT2D eigenvalue weighted by molar-refractivity contribution is 7.97. The summed E-state index contributed by atoms with van der Waals surface area (Å²) in [5.74, 6) is 0. The lowest BCUT2D eigenvalue weighted by Crippen LogP contribution is -2.26. The minimum atomic E-state index is 0.648. The van der Waals surface area contributed by atoms with E-state index in [1.54, 1.807) is 0 Å². The van der Waals surface area contributed by atoms with E-state index < -0.39 is 0 Å². The quantitative estimate of drug-likeness (QED) is 0.665. The first-order valence-electron chi connectivity index (χ1n) is 5.77. The molecule has 0 radical (unpaired) electrons. The summed E-state index contributed by atoms with van der Waals surface area (Å²) in [6.45, 7) is 7.94. The lowest BCUT2D eigenvalue weighted by Gasteiger charge is -2.26. The average Bonchev–Trinajstić information content (AvgIpc) is 2.29. The minimum Gasteiger partial charge on any atom is -0.244 e. The van der Waals surface area contributed by atoms with Crippen LogP contribution >= 0.6 is 11.9 Å². The summed E-state index contributed by atoms with van der Waals surface area (Å²) in [7, 11) is 0. The maximum atomic E-state index is 2.48. The van der Waals surface area contributed by atoms with Crippen LogP contribution in [-0.4, -0.2) is 16.9 Å². The third-order valence-electron chi connectivity index (χ3n) is 2.49. The zero-order valence-corrected chi connectivity index (χ0v) is 10.8. The molecule has 2 heteroatoms. The summed E-state index contributed by atoms with van der Waals surface area (Å²) < 4.78 is 2.48. The van der Waals surface area contributed by atoms with Crippen LogP contribution in [0.15, 0.2) is 35.2 Å². The van der Waals surface area contributed by atoms with E-state index in [1.165, 1.54) is 17.7 Å². The third kappa shape index (κ3) is 4.27. The molecule has 15 heavy (non-hydrogen) atoms. The Morgan fingerprint density at radius 1 is 1.20 bits per heavy atom. The molecule has 1 nitrogen and oxygen atoms in total. The van der Waals surface area contributed by atoms with E-state index >= 15 is 0 Å². The molecule has 0 aromatic heterocycles. The highest BCUT2D eigenvalue weighted by Gasteiger charge is 2.12. The molecule has 84 valence electrons. The van der Waals surface area contributed by atoms with E-state index in [4.69, 9.17) is 0 Å². The SMILES string of the molecule is CCCN(Sc1ccccc1)C(C)CC. The number of hydrogen-bond donors (Lipinski definition) is 0. The molecular formula is C13H21NS. The normalized spacial score (nSPS) is 13.1. The maximum Gasteiger partial charge on any atom is 0.0230 e. The van der Waals surface area contributed by atoms with Crippen molar-refractivity contribution in [2.75, 3.05) is 6.54 Å². The second-order valence-electron chi connectivity index (χ2n) is 3.80. The van der Waals surface area contributed by atoms with Crippen molar-refractivity contribution in [1.82, 2.24) is 4.31 Å². The van der Waals surface area contributed by atoms with Crippen LogP contribution in [0.5, 0.6) is 0 Å². The predicted molar refractivity (Wildman–Crippen MR) is 69.0 cm³/mol. The van der Waals surface area contributed by atoms with E-state index in [1.807, 2.05) is 11.9 Å². The fourth-order valence-corrected chi connectivity index (χ4v) is 2.55. The molecule has 0 saturated heterocycles. The van der Waals surface area contributed by atoms with Gasteiger partial charge >= 0.3 is 0 Å². The van der Waals surface area contributed by atoms with Gasteiger partial charge in [-0.15, -0.1) is 0 Å². The molecule has 1 atom stereocenters. The predicted octanol–water partition coefficient (Wildman–Crippen LogP) is 4.20. The second-order valence-corrected chi connectivity index (χ2v) is 4.93. The molecule has 0 aliphatic heterocycles. The Hall–Kier alpha value is -0.470. The van der Waals surface area contributed by atoms with Crippen LogP contribution in [0, 0.1) is 0 Å². The summed E-state index contributed by atoms with van der Waals surface area (Å²) in [6, 6.07) is 11.3. The van der Waals surface area contributed by atoms with Gasteiger partial charge in [0.2, 0.25) is 0 Å². The van der Waals surface area contributed by atoms with Gasteiger partial charge in [0.15, 0.2) is 0 Å². The van der Waals surface area contributed by atoms with E-state index in [0.717, 1.165) is 6.54 Å². The molecule has 1 aromatic rings. The summed E-state index contributed by atoms with van der Waals surface area (Å²) in [6.07, 6.45) is 2.42. The van der Waals surface area contributed by atoms with Crippen LogP contribution < -0.4 is 0 Å². The van der Waals surface area contributed by atoms with Crippen molar-refractivity contribution in [3.8, 4) is 0 Å². The van der Waals surface area contributed by atoms with Crippen molar-refractivity contribution in [3.63, 3.8) is 0 Å². The van der Waals surface area contributed by atoms with Gasteiger partial charge in [-0.25, -0.2) is 4.31 Å². The fourth-order valence-electron chi connectivity index (χ4n) is 1.40. The maximum absolute atomic E-state index is 2.48. The van der Waals surface area contributed by atoms with Gasteiger partial charge in [0.25, 0.3) is 0 Å². The molecule has 0 amide bonds. The van der Waals surface area contributed by atoms with E-state index in [9.17, 15) is 0 Å². The van der Waals surface area contributed by atoms with Crippen molar-refractivity contribution in [1.29, 1.82) is 0 Å². The Morgan fingerprint density at radius 2 is 1.87 bits per heavy atom. The fraction of sp³-hybridized carbons (Fsp3) is 0.538. The smallest absolute Gasteiger partial charge is 0.0230 e. The number of nitrogens with zero attached hydrogens (tertiary/aromatic N) is 1. The summed E-state index contributed by atoms with van der Waals surface area (Å²) >= 11 is 1.88. The number of hydrogen-bond acceptors (Lipinski definition) is 2. The largest absolute Gasteiger partial charge is 0.244 e. The van der Waals surface area contributed by atoms with Gasteiger partial charge in [0.1, 0.15) is 0 Å². The standard InChI is InChI=1S/C13H21NS/c1-4-11-14(12(3)5-2)15-13-9-7-6-8-10-13/h6-10,12H,4-5,11H2,1-3H3. The van der Waals surface area contributed by atoms with Crippen molar-refractivity contribution >= 4 is 11.9 Å². The molecule has 0 heterocycles. The summed E-state index contributed by atoms with van der Waals surface area (Å²) in [5.41, 5.74) is 0. The van der Waals surface area contributed by atoms with Crippen molar-refractivity contribution in [2.24, 2.45) is 0 Å². The molecule has 0 spiro atoms. The summed E-state index contributed by atoms with van der Waals surface area (Å²) in [4.78, 5) is 1.34. The van der Waals surface area contributed by atoms with Crippen LogP contribution in [-0.2, 0) is 0 Å². The van der Waals surface area contributed by atoms with Crippen molar-refractivity contribution < 1.29 is 0 Å².